The van der Waals surface area contributed by atoms with Crippen LogP contribution in [0.25, 0.3) is 11.0 Å². The van der Waals surface area contributed by atoms with E-state index in [1.54, 1.807) is 6.20 Å². The van der Waals surface area contributed by atoms with Gasteiger partial charge in [0, 0.05) is 95.0 Å². The van der Waals surface area contributed by atoms with Gasteiger partial charge < -0.3 is 19.1 Å². The van der Waals surface area contributed by atoms with Crippen molar-refractivity contribution in [3.8, 4) is 11.8 Å². The molecule has 0 saturated carbocycles. The Morgan fingerprint density at radius 2 is 1.64 bits per heavy atom. The summed E-state index contributed by atoms with van der Waals surface area (Å²) in [6.07, 6.45) is 1.78. The van der Waals surface area contributed by atoms with E-state index in [4.69, 9.17) is 4.74 Å². The maximum Gasteiger partial charge on any atom is 0.234 e. The molecular formula is C30H42N8O. The number of fused-ring (bicyclic) bond motifs is 1. The number of likely N-dealkylation sites (N-methyl/N-ethyl adjacent to an activating group) is 1. The topological polar surface area (TPSA) is 76.7 Å². The Labute approximate surface area is 232 Å². The van der Waals surface area contributed by atoms with E-state index in [-0.39, 0.29) is 11.2 Å². The molecule has 0 aliphatic carbocycles. The maximum absolute atomic E-state index is 9.31. The summed E-state index contributed by atoms with van der Waals surface area (Å²) < 4.78 is 8.32. The number of piperazine rings is 2. The van der Waals surface area contributed by atoms with Crippen LogP contribution in [0.15, 0.2) is 36.5 Å². The monoisotopic (exact) mass is 530 g/mol. The van der Waals surface area contributed by atoms with E-state index >= 15 is 0 Å². The van der Waals surface area contributed by atoms with Crippen LogP contribution in [0.5, 0.6) is 5.75 Å². The molecule has 4 heterocycles. The van der Waals surface area contributed by atoms with Crippen molar-refractivity contribution < 1.29 is 4.74 Å². The lowest BCUT2D eigenvalue weighted by Crippen LogP contribution is -2.46. The molecule has 9 heteroatoms. The summed E-state index contributed by atoms with van der Waals surface area (Å²) in [5.41, 5.74) is 3.44. The van der Waals surface area contributed by atoms with E-state index in [1.165, 1.54) is 11.4 Å². The zero-order chi connectivity index (χ0) is 27.4. The van der Waals surface area contributed by atoms with Crippen molar-refractivity contribution in [2.75, 3.05) is 77.5 Å². The minimum atomic E-state index is 0.0948. The van der Waals surface area contributed by atoms with Crippen LogP contribution < -0.4 is 9.64 Å². The number of nitriles is 1. The molecule has 2 aromatic heterocycles. The molecule has 0 bridgehead atoms. The maximum atomic E-state index is 9.31. The van der Waals surface area contributed by atoms with Gasteiger partial charge in [0.2, 0.25) is 5.82 Å². The molecule has 208 valence electrons. The highest BCUT2D eigenvalue weighted by Gasteiger charge is 2.22. The summed E-state index contributed by atoms with van der Waals surface area (Å²) in [6, 6.07) is 12.9. The number of benzene rings is 1. The van der Waals surface area contributed by atoms with Gasteiger partial charge >= 0.3 is 0 Å². The first kappa shape index (κ1) is 27.4. The van der Waals surface area contributed by atoms with Gasteiger partial charge in [-0.1, -0.05) is 20.8 Å². The average Bonchev–Trinajstić information content (AvgIpc) is 3.25. The predicted molar refractivity (Wildman–Crippen MR) is 155 cm³/mol. The second-order valence-electron chi connectivity index (χ2n) is 12.1. The average molecular weight is 531 g/mol. The third kappa shape index (κ3) is 7.07. The molecule has 3 aromatic rings. The minimum Gasteiger partial charge on any atom is -0.492 e. The molecule has 0 unspecified atom stereocenters. The highest BCUT2D eigenvalue weighted by atomic mass is 16.5. The third-order valence-corrected chi connectivity index (χ3v) is 7.68. The second kappa shape index (κ2) is 11.9. The normalized spacial score (nSPS) is 18.0. The van der Waals surface area contributed by atoms with Gasteiger partial charge in [0.25, 0.3) is 0 Å². The fraction of sp³-hybridized carbons (Fsp3) is 0.567. The molecule has 0 N–H and O–H groups in total. The first-order chi connectivity index (χ1) is 18.8. The number of ether oxygens (including phenoxy) is 1. The number of anilines is 1. The van der Waals surface area contributed by atoms with Gasteiger partial charge in [-0.3, -0.25) is 9.80 Å². The zero-order valence-corrected chi connectivity index (χ0v) is 23.9. The van der Waals surface area contributed by atoms with Crippen molar-refractivity contribution in [3.63, 3.8) is 0 Å². The van der Waals surface area contributed by atoms with Gasteiger partial charge in [0.05, 0.1) is 0 Å². The number of rotatable bonds is 8. The van der Waals surface area contributed by atoms with Crippen molar-refractivity contribution in [2.24, 2.45) is 5.41 Å². The van der Waals surface area contributed by atoms with Gasteiger partial charge in [0.1, 0.15) is 24.1 Å². The van der Waals surface area contributed by atoms with E-state index in [0.29, 0.717) is 0 Å². The fourth-order valence-corrected chi connectivity index (χ4v) is 5.44. The summed E-state index contributed by atoms with van der Waals surface area (Å²) in [4.78, 5) is 18.6. The summed E-state index contributed by atoms with van der Waals surface area (Å²) >= 11 is 0. The van der Waals surface area contributed by atoms with Gasteiger partial charge in [-0.15, -0.1) is 0 Å². The van der Waals surface area contributed by atoms with Crippen molar-refractivity contribution in [2.45, 2.75) is 33.9 Å². The van der Waals surface area contributed by atoms with Crippen LogP contribution in [0, 0.1) is 16.7 Å². The Morgan fingerprint density at radius 1 is 0.949 bits per heavy atom. The van der Waals surface area contributed by atoms with Crippen LogP contribution in [-0.2, 0) is 13.1 Å². The lowest BCUT2D eigenvalue weighted by Gasteiger charge is -2.36. The molecule has 0 radical (unpaired) electrons. The zero-order valence-electron chi connectivity index (χ0n) is 23.9. The summed E-state index contributed by atoms with van der Waals surface area (Å²) in [5.74, 6) is 1.17. The molecular weight excluding hydrogens is 488 g/mol. The van der Waals surface area contributed by atoms with Crippen molar-refractivity contribution in [3.05, 3.63) is 48.0 Å². The van der Waals surface area contributed by atoms with E-state index in [9.17, 15) is 5.26 Å². The Morgan fingerprint density at radius 3 is 2.31 bits per heavy atom. The van der Waals surface area contributed by atoms with Gasteiger partial charge in [0.15, 0.2) is 0 Å². The van der Waals surface area contributed by atoms with E-state index in [0.717, 1.165) is 95.4 Å². The Balaban J connectivity index is 1.15. The lowest BCUT2D eigenvalue weighted by atomic mass is 9.97. The van der Waals surface area contributed by atoms with Crippen molar-refractivity contribution >= 4 is 16.7 Å². The molecule has 2 aliphatic rings. The van der Waals surface area contributed by atoms with Crippen LogP contribution in [0.3, 0.4) is 0 Å². The Bertz CT molecular complexity index is 1270. The molecule has 9 nitrogen and oxygen atoms in total. The number of hydrogen-bond acceptors (Lipinski definition) is 8. The quantitative estimate of drug-likeness (QED) is 0.439. The SMILES string of the molecule is CN1CCN(CCOc2ccc(N3CCN(Cc4cc5cnc(C#N)nc5n4CC(C)(C)C)CC3)cc2)CC1. The molecule has 2 aliphatic heterocycles. The van der Waals surface area contributed by atoms with Gasteiger partial charge in [-0.05, 0) is 42.8 Å². The highest BCUT2D eigenvalue weighted by molar-refractivity contribution is 5.77. The van der Waals surface area contributed by atoms with E-state index in [1.807, 2.05) is 0 Å². The molecule has 2 saturated heterocycles. The summed E-state index contributed by atoms with van der Waals surface area (Å²) in [6.45, 7) is 18.6. The lowest BCUT2D eigenvalue weighted by molar-refractivity contribution is 0.134. The highest BCUT2D eigenvalue weighted by Crippen LogP contribution is 2.26. The van der Waals surface area contributed by atoms with Crippen molar-refractivity contribution in [1.82, 2.24) is 29.2 Å². The second-order valence-corrected chi connectivity index (χ2v) is 12.1. The van der Waals surface area contributed by atoms with Crippen LogP contribution in [0.2, 0.25) is 0 Å². The number of nitrogens with zero attached hydrogens (tertiary/aromatic N) is 8. The molecule has 0 spiro atoms. The fourth-order valence-electron chi connectivity index (χ4n) is 5.44. The number of hydrogen-bond donors (Lipinski definition) is 0. The van der Waals surface area contributed by atoms with Crippen LogP contribution >= 0.6 is 0 Å². The molecule has 0 amide bonds. The molecule has 5 rings (SSSR count). The Hall–Kier alpha value is -3.19. The first-order valence-corrected chi connectivity index (χ1v) is 14.1. The van der Waals surface area contributed by atoms with Crippen LogP contribution in [0.1, 0.15) is 32.3 Å². The van der Waals surface area contributed by atoms with E-state index < -0.39 is 0 Å². The predicted octanol–water partition coefficient (Wildman–Crippen LogP) is 3.30. The number of aromatic nitrogens is 3. The molecule has 1 aromatic carbocycles. The van der Waals surface area contributed by atoms with Crippen LogP contribution in [-0.4, -0.2) is 102 Å². The van der Waals surface area contributed by atoms with Gasteiger partial charge in [-0.2, -0.15) is 5.26 Å². The summed E-state index contributed by atoms with van der Waals surface area (Å²) in [7, 11) is 2.19. The molecule has 0 atom stereocenters. The smallest absolute Gasteiger partial charge is 0.234 e. The largest absolute Gasteiger partial charge is 0.492 e. The molecule has 2 fully saturated rings. The minimum absolute atomic E-state index is 0.0948. The Kier molecular flexibility index (Phi) is 8.36. The van der Waals surface area contributed by atoms with Crippen molar-refractivity contribution in [1.29, 1.82) is 5.26 Å². The molecule has 39 heavy (non-hydrogen) atoms. The van der Waals surface area contributed by atoms with Crippen LogP contribution in [0.4, 0.5) is 5.69 Å². The van der Waals surface area contributed by atoms with E-state index in [2.05, 4.69) is 98.4 Å². The first-order valence-electron chi connectivity index (χ1n) is 14.1. The standard InChI is InChI=1S/C30H42N8O/c1-30(2,3)23-38-26(19-24-21-32-28(20-31)33-29(24)38)22-36-13-15-37(16-14-36)25-5-7-27(8-6-25)39-18-17-35-11-9-34(4)10-12-35/h5-8,19,21H,9-18,22-23H2,1-4H3. The third-order valence-electron chi connectivity index (χ3n) is 7.68. The summed E-state index contributed by atoms with van der Waals surface area (Å²) in [5, 5.41) is 10.3. The van der Waals surface area contributed by atoms with Gasteiger partial charge in [-0.25, -0.2) is 9.97 Å².